The number of carbonyl (C=O) groups is 1. The average Bonchev–Trinajstić information content (AvgIpc) is 2.63. The van der Waals surface area contributed by atoms with Crippen LogP contribution in [0.5, 0.6) is 0 Å². The fraction of sp³-hybridized carbons (Fsp3) is 0.0952. The molecule has 25 heavy (non-hydrogen) atoms. The fourth-order valence-electron chi connectivity index (χ4n) is 2.43. The van der Waals surface area contributed by atoms with E-state index in [4.69, 9.17) is 11.6 Å². The number of halogens is 1. The summed E-state index contributed by atoms with van der Waals surface area (Å²) in [4.78, 5) is 13.6. The van der Waals surface area contributed by atoms with Crippen LogP contribution in [0.15, 0.2) is 77.7 Å². The van der Waals surface area contributed by atoms with E-state index in [1.165, 1.54) is 10.5 Å². The molecule has 126 valence electrons. The third-order valence-electron chi connectivity index (χ3n) is 3.79. The highest BCUT2D eigenvalue weighted by molar-refractivity contribution is 7.98. The van der Waals surface area contributed by atoms with Crippen LogP contribution in [-0.4, -0.2) is 5.91 Å². The van der Waals surface area contributed by atoms with E-state index in [1.54, 1.807) is 36.0 Å². The normalized spacial score (nSPS) is 10.5. The van der Waals surface area contributed by atoms with Gasteiger partial charge in [0.25, 0.3) is 5.91 Å². The van der Waals surface area contributed by atoms with Crippen LogP contribution in [0.1, 0.15) is 21.5 Å². The van der Waals surface area contributed by atoms with Crippen molar-refractivity contribution in [2.75, 3.05) is 5.32 Å². The van der Waals surface area contributed by atoms with Gasteiger partial charge in [0, 0.05) is 26.9 Å². The van der Waals surface area contributed by atoms with E-state index >= 15 is 0 Å². The summed E-state index contributed by atoms with van der Waals surface area (Å²) in [7, 11) is 0. The Balaban J connectivity index is 1.65. The van der Waals surface area contributed by atoms with Gasteiger partial charge in [-0.25, -0.2) is 0 Å². The number of benzene rings is 3. The van der Waals surface area contributed by atoms with Gasteiger partial charge in [0.1, 0.15) is 0 Å². The van der Waals surface area contributed by atoms with Crippen LogP contribution in [0, 0.1) is 6.92 Å². The van der Waals surface area contributed by atoms with Crippen molar-refractivity contribution in [1.29, 1.82) is 0 Å². The molecule has 1 N–H and O–H groups in total. The lowest BCUT2D eigenvalue weighted by Crippen LogP contribution is -2.12. The molecule has 0 heterocycles. The van der Waals surface area contributed by atoms with E-state index in [2.05, 4.69) is 29.6 Å². The van der Waals surface area contributed by atoms with E-state index in [0.717, 1.165) is 17.0 Å². The summed E-state index contributed by atoms with van der Waals surface area (Å²) < 4.78 is 0. The molecule has 0 fully saturated rings. The Bertz CT molecular complexity index is 863. The van der Waals surface area contributed by atoms with Crippen LogP contribution < -0.4 is 5.32 Å². The molecule has 4 heteroatoms. The summed E-state index contributed by atoms with van der Waals surface area (Å²) in [6.07, 6.45) is 0. The fourth-order valence-corrected chi connectivity index (χ4v) is 3.42. The highest BCUT2D eigenvalue weighted by atomic mass is 35.5. The number of nitrogens with one attached hydrogen (secondary N) is 1. The Kier molecular flexibility index (Phi) is 5.79. The van der Waals surface area contributed by atoms with Crippen molar-refractivity contribution in [3.05, 3.63) is 94.5 Å². The van der Waals surface area contributed by atoms with Gasteiger partial charge in [0.15, 0.2) is 0 Å². The molecule has 1 amide bonds. The second-order valence-electron chi connectivity index (χ2n) is 5.71. The maximum absolute atomic E-state index is 12.3. The molecule has 3 aromatic rings. The monoisotopic (exact) mass is 367 g/mol. The van der Waals surface area contributed by atoms with Crippen LogP contribution in [-0.2, 0) is 5.75 Å². The number of aryl methyl sites for hydroxylation is 1. The summed E-state index contributed by atoms with van der Waals surface area (Å²) in [6.45, 7) is 2.01. The third-order valence-corrected chi connectivity index (χ3v) is 5.13. The highest BCUT2D eigenvalue weighted by Crippen LogP contribution is 2.25. The molecular weight excluding hydrogens is 350 g/mol. The van der Waals surface area contributed by atoms with Crippen molar-refractivity contribution in [2.24, 2.45) is 0 Å². The summed E-state index contributed by atoms with van der Waals surface area (Å²) in [5.41, 5.74) is 3.70. The molecule has 0 saturated heterocycles. The predicted octanol–water partition coefficient (Wildman–Crippen LogP) is 6.19. The maximum atomic E-state index is 12.3. The maximum Gasteiger partial charge on any atom is 0.255 e. The Morgan fingerprint density at radius 3 is 2.40 bits per heavy atom. The van der Waals surface area contributed by atoms with Gasteiger partial charge in [-0.2, -0.15) is 0 Å². The Hall–Kier alpha value is -2.23. The van der Waals surface area contributed by atoms with Gasteiger partial charge < -0.3 is 5.32 Å². The lowest BCUT2D eigenvalue weighted by atomic mass is 10.1. The molecule has 0 aliphatic heterocycles. The van der Waals surface area contributed by atoms with E-state index in [9.17, 15) is 4.79 Å². The topological polar surface area (TPSA) is 29.1 Å². The largest absolute Gasteiger partial charge is 0.322 e. The second kappa shape index (κ2) is 8.24. The number of hydrogen-bond donors (Lipinski definition) is 1. The highest BCUT2D eigenvalue weighted by Gasteiger charge is 2.08. The molecule has 0 aliphatic carbocycles. The van der Waals surface area contributed by atoms with Crippen LogP contribution in [0.4, 0.5) is 5.69 Å². The Morgan fingerprint density at radius 1 is 1.00 bits per heavy atom. The zero-order valence-corrected chi connectivity index (χ0v) is 15.4. The first kappa shape index (κ1) is 17.6. The van der Waals surface area contributed by atoms with Gasteiger partial charge in [-0.1, -0.05) is 41.9 Å². The Labute approximate surface area is 157 Å². The number of anilines is 1. The first-order chi connectivity index (χ1) is 12.1. The van der Waals surface area contributed by atoms with Crippen molar-refractivity contribution in [3.8, 4) is 0 Å². The standard InChI is InChI=1S/C21H18ClNOS/c1-15-13-16(14-25-19-5-3-2-4-6-19)7-12-20(15)23-21(24)17-8-10-18(22)11-9-17/h2-13H,14H2,1H3,(H,23,24). The lowest BCUT2D eigenvalue weighted by Gasteiger charge is -2.10. The molecule has 0 saturated carbocycles. The molecule has 3 aromatic carbocycles. The second-order valence-corrected chi connectivity index (χ2v) is 7.20. The van der Waals surface area contributed by atoms with Crippen molar-refractivity contribution < 1.29 is 4.79 Å². The summed E-state index contributed by atoms with van der Waals surface area (Å²) in [6, 6.07) is 23.3. The SMILES string of the molecule is Cc1cc(CSc2ccccc2)ccc1NC(=O)c1ccc(Cl)cc1. The molecule has 0 aromatic heterocycles. The minimum atomic E-state index is -0.133. The van der Waals surface area contributed by atoms with E-state index in [-0.39, 0.29) is 5.91 Å². The molecule has 0 spiro atoms. The van der Waals surface area contributed by atoms with Crippen LogP contribution >= 0.6 is 23.4 Å². The van der Waals surface area contributed by atoms with Gasteiger partial charge >= 0.3 is 0 Å². The summed E-state index contributed by atoms with van der Waals surface area (Å²) in [5.74, 6) is 0.766. The minimum Gasteiger partial charge on any atom is -0.322 e. The average molecular weight is 368 g/mol. The van der Waals surface area contributed by atoms with Gasteiger partial charge in [-0.05, 0) is 60.5 Å². The number of rotatable bonds is 5. The molecule has 0 radical (unpaired) electrons. The zero-order valence-electron chi connectivity index (χ0n) is 13.8. The molecule has 0 aliphatic rings. The summed E-state index contributed by atoms with van der Waals surface area (Å²) >= 11 is 7.66. The lowest BCUT2D eigenvalue weighted by molar-refractivity contribution is 0.102. The molecule has 3 rings (SSSR count). The Morgan fingerprint density at radius 2 is 1.72 bits per heavy atom. The zero-order chi connectivity index (χ0) is 17.6. The number of carbonyl (C=O) groups excluding carboxylic acids is 1. The van der Waals surface area contributed by atoms with Crippen molar-refractivity contribution in [2.45, 2.75) is 17.6 Å². The molecule has 2 nitrogen and oxygen atoms in total. The molecule has 0 atom stereocenters. The van der Waals surface area contributed by atoms with E-state index in [0.29, 0.717) is 10.6 Å². The van der Waals surface area contributed by atoms with Crippen molar-refractivity contribution in [1.82, 2.24) is 0 Å². The van der Waals surface area contributed by atoms with Crippen LogP contribution in [0.2, 0.25) is 5.02 Å². The summed E-state index contributed by atoms with van der Waals surface area (Å²) in [5, 5.41) is 3.58. The van der Waals surface area contributed by atoms with Gasteiger partial charge in [0.2, 0.25) is 0 Å². The minimum absolute atomic E-state index is 0.133. The quantitative estimate of drug-likeness (QED) is 0.544. The molecule has 0 unspecified atom stereocenters. The van der Waals surface area contributed by atoms with Gasteiger partial charge in [-0.15, -0.1) is 11.8 Å². The van der Waals surface area contributed by atoms with Crippen molar-refractivity contribution in [3.63, 3.8) is 0 Å². The van der Waals surface area contributed by atoms with Crippen LogP contribution in [0.3, 0.4) is 0 Å². The first-order valence-electron chi connectivity index (χ1n) is 7.96. The van der Waals surface area contributed by atoms with Gasteiger partial charge in [0.05, 0.1) is 0 Å². The predicted molar refractivity (Wildman–Crippen MR) is 107 cm³/mol. The van der Waals surface area contributed by atoms with Crippen LogP contribution in [0.25, 0.3) is 0 Å². The number of amides is 1. The van der Waals surface area contributed by atoms with Crippen molar-refractivity contribution >= 4 is 35.0 Å². The first-order valence-corrected chi connectivity index (χ1v) is 9.32. The number of thioether (sulfide) groups is 1. The molecular formula is C21H18ClNOS. The van der Waals surface area contributed by atoms with E-state index in [1.807, 2.05) is 31.2 Å². The smallest absolute Gasteiger partial charge is 0.255 e. The third kappa shape index (κ3) is 4.88. The number of hydrogen-bond acceptors (Lipinski definition) is 2. The molecule has 0 bridgehead atoms. The van der Waals surface area contributed by atoms with Gasteiger partial charge in [-0.3, -0.25) is 4.79 Å². The van der Waals surface area contributed by atoms with E-state index < -0.39 is 0 Å².